The molecule has 0 bridgehead atoms. The lowest BCUT2D eigenvalue weighted by atomic mass is 9.79. The van der Waals surface area contributed by atoms with Crippen LogP contribution in [0.1, 0.15) is 107 Å². The number of cyclic esters (lactones) is 1. The summed E-state index contributed by atoms with van der Waals surface area (Å²) in [6.07, 6.45) is -0.704. The first-order valence-electron chi connectivity index (χ1n) is 22.6. The van der Waals surface area contributed by atoms with Gasteiger partial charge in [-0.05, 0) is 100 Å². The second-order valence-corrected chi connectivity index (χ2v) is 19.2. The van der Waals surface area contributed by atoms with Gasteiger partial charge in [0, 0.05) is 30.7 Å². The highest BCUT2D eigenvalue weighted by atomic mass is 16.7. The Bertz CT molecular complexity index is 1440. The van der Waals surface area contributed by atoms with Crippen LogP contribution in [0.25, 0.3) is 0 Å². The van der Waals surface area contributed by atoms with Gasteiger partial charge in [0.15, 0.2) is 18.9 Å². The van der Waals surface area contributed by atoms with E-state index in [1.54, 1.807) is 34.9 Å². The molecular formula is C46H80N2O13. The third-order valence-corrected chi connectivity index (χ3v) is 13.5. The number of allylic oxidation sites excluding steroid dienone is 2. The molecule has 4 aliphatic heterocycles. The summed E-state index contributed by atoms with van der Waals surface area (Å²) in [5, 5.41) is 45.3. The van der Waals surface area contributed by atoms with Crippen molar-refractivity contribution in [2.75, 3.05) is 28.2 Å². The Balaban J connectivity index is 1.69. The predicted molar refractivity (Wildman–Crippen MR) is 229 cm³/mol. The van der Waals surface area contributed by atoms with Crippen LogP contribution in [-0.4, -0.2) is 168 Å². The second-order valence-electron chi connectivity index (χ2n) is 19.2. The first kappa shape index (κ1) is 51.8. The van der Waals surface area contributed by atoms with Gasteiger partial charge in [-0.15, -0.1) is 0 Å². The molecule has 4 N–H and O–H groups in total. The van der Waals surface area contributed by atoms with Gasteiger partial charge in [-0.3, -0.25) is 4.79 Å². The molecule has 7 unspecified atom stereocenters. The smallest absolute Gasteiger partial charge is 0.308 e. The van der Waals surface area contributed by atoms with E-state index in [1.807, 2.05) is 37.8 Å². The molecule has 4 aliphatic rings. The van der Waals surface area contributed by atoms with Crippen LogP contribution in [0.5, 0.6) is 0 Å². The summed E-state index contributed by atoms with van der Waals surface area (Å²) < 4.78 is 44.8. The zero-order chi connectivity index (χ0) is 45.5. The average molecular weight is 869 g/mol. The van der Waals surface area contributed by atoms with Crippen molar-refractivity contribution >= 4 is 12.3 Å². The van der Waals surface area contributed by atoms with Crippen LogP contribution in [0, 0.1) is 23.7 Å². The summed E-state index contributed by atoms with van der Waals surface area (Å²) in [7, 11) is 7.71. The number of aliphatic hydroxyl groups excluding tert-OH is 3. The summed E-state index contributed by atoms with van der Waals surface area (Å²) >= 11 is 0. The van der Waals surface area contributed by atoms with Gasteiger partial charge in [-0.1, -0.05) is 51.5 Å². The summed E-state index contributed by atoms with van der Waals surface area (Å²) in [6.45, 7) is 16.9. The summed E-state index contributed by atoms with van der Waals surface area (Å²) in [5.74, 6) is -2.05. The average Bonchev–Trinajstić information content (AvgIpc) is 3.17. The van der Waals surface area contributed by atoms with Crippen LogP contribution < -0.4 is 0 Å². The molecule has 4 rings (SSSR count). The highest BCUT2D eigenvalue weighted by Gasteiger charge is 2.51. The third kappa shape index (κ3) is 13.6. The molecule has 0 aromatic heterocycles. The van der Waals surface area contributed by atoms with Crippen molar-refractivity contribution in [3.8, 4) is 0 Å². The molecule has 15 nitrogen and oxygen atoms in total. The van der Waals surface area contributed by atoms with E-state index in [-0.39, 0.29) is 43.2 Å². The van der Waals surface area contributed by atoms with Crippen LogP contribution in [0.3, 0.4) is 0 Å². The molecule has 352 valence electrons. The molecule has 0 radical (unpaired) electrons. The van der Waals surface area contributed by atoms with Crippen LogP contribution in [-0.2, 0) is 42.7 Å². The molecule has 15 heteroatoms. The van der Waals surface area contributed by atoms with E-state index in [9.17, 15) is 30.0 Å². The van der Waals surface area contributed by atoms with Crippen molar-refractivity contribution in [1.29, 1.82) is 0 Å². The van der Waals surface area contributed by atoms with Gasteiger partial charge in [0.2, 0.25) is 0 Å². The van der Waals surface area contributed by atoms with Crippen molar-refractivity contribution in [2.45, 2.75) is 205 Å². The van der Waals surface area contributed by atoms with Gasteiger partial charge in [0.1, 0.15) is 30.7 Å². The van der Waals surface area contributed by atoms with Gasteiger partial charge < -0.3 is 68.2 Å². The quantitative estimate of drug-likeness (QED) is 0.173. The topological polar surface area (TPSA) is 186 Å². The van der Waals surface area contributed by atoms with Crippen LogP contribution in [0.2, 0.25) is 0 Å². The van der Waals surface area contributed by atoms with E-state index in [0.717, 1.165) is 18.3 Å². The molecule has 3 fully saturated rings. The fourth-order valence-corrected chi connectivity index (χ4v) is 9.85. The minimum atomic E-state index is -1.46. The lowest BCUT2D eigenvalue weighted by molar-refractivity contribution is -0.342. The van der Waals surface area contributed by atoms with Crippen LogP contribution in [0.4, 0.5) is 0 Å². The molecule has 0 aliphatic carbocycles. The second kappa shape index (κ2) is 22.9. The Morgan fingerprint density at radius 3 is 2.15 bits per heavy atom. The van der Waals surface area contributed by atoms with Gasteiger partial charge in [-0.25, -0.2) is 0 Å². The lowest BCUT2D eigenvalue weighted by Gasteiger charge is -2.50. The van der Waals surface area contributed by atoms with Crippen molar-refractivity contribution in [3.63, 3.8) is 0 Å². The molecule has 3 saturated heterocycles. The van der Waals surface area contributed by atoms with Gasteiger partial charge in [0.05, 0.1) is 54.7 Å². The monoisotopic (exact) mass is 869 g/mol. The zero-order valence-corrected chi connectivity index (χ0v) is 39.1. The number of carbonyl (C=O) groups excluding carboxylic acids is 2. The minimum absolute atomic E-state index is 0.000458. The number of likely N-dealkylation sites (N-methyl/N-ethyl adjacent to an activating group) is 2. The maximum Gasteiger partial charge on any atom is 0.308 e. The van der Waals surface area contributed by atoms with Crippen molar-refractivity contribution < 1.29 is 63.2 Å². The van der Waals surface area contributed by atoms with Crippen molar-refractivity contribution in [3.05, 3.63) is 23.8 Å². The molecular weight excluding hydrogens is 789 g/mol. The van der Waals surface area contributed by atoms with Crippen molar-refractivity contribution in [2.24, 2.45) is 23.7 Å². The fourth-order valence-electron chi connectivity index (χ4n) is 9.85. The zero-order valence-electron chi connectivity index (χ0n) is 39.1. The molecule has 4 heterocycles. The van der Waals surface area contributed by atoms with E-state index in [2.05, 4.69) is 38.9 Å². The Hall–Kier alpha value is -1.86. The van der Waals surface area contributed by atoms with Crippen molar-refractivity contribution in [1.82, 2.24) is 9.80 Å². The number of rotatable bonds is 11. The Morgan fingerprint density at radius 2 is 1.56 bits per heavy atom. The number of nitrogens with zero attached hydrogens (tertiary/aromatic N) is 2. The Labute approximate surface area is 365 Å². The number of aldehydes is 1. The number of carbonyl (C=O) groups is 2. The van der Waals surface area contributed by atoms with Crippen LogP contribution >= 0.6 is 0 Å². The molecule has 0 spiro atoms. The fraction of sp³-hybridized carbons (Fsp3) is 0.870. The minimum Gasteiger partial charge on any atom is -0.462 e. The van der Waals surface area contributed by atoms with Crippen LogP contribution in [0.15, 0.2) is 23.8 Å². The SMILES string of the molecule is CCC1OC(=O)C[C@@H](O)[C@H](C)[C@@H](O[C@@H]2OC(C)[C@@H](O[C@H]3CC(C)(O)[C@@H](O)C(C)O3)C(N(C)C)C2O)[C@@H](CC=O)C[C@@H](C)[C@@H](O[C@H]2CC[C@H](N(C)C)C(C)O2)/C=C/C(C)=C/[C@@H]1C. The number of ether oxygens (including phenoxy) is 7. The molecule has 0 aromatic rings. The molecule has 20 atom stereocenters. The van der Waals surface area contributed by atoms with E-state index >= 15 is 0 Å². The van der Waals surface area contributed by atoms with E-state index < -0.39 is 103 Å². The number of hydrogen-bond acceptors (Lipinski definition) is 15. The third-order valence-electron chi connectivity index (χ3n) is 13.5. The highest BCUT2D eigenvalue weighted by molar-refractivity contribution is 5.70. The number of esters is 1. The Morgan fingerprint density at radius 1 is 0.885 bits per heavy atom. The number of aliphatic hydroxyl groups is 4. The first-order chi connectivity index (χ1) is 28.6. The summed E-state index contributed by atoms with van der Waals surface area (Å²) in [5.41, 5.74) is -0.484. The maximum absolute atomic E-state index is 13.4. The molecule has 61 heavy (non-hydrogen) atoms. The Kier molecular flexibility index (Phi) is 19.4. The summed E-state index contributed by atoms with van der Waals surface area (Å²) in [4.78, 5) is 29.9. The van der Waals surface area contributed by atoms with Gasteiger partial charge in [0.25, 0.3) is 0 Å². The predicted octanol–water partition coefficient (Wildman–Crippen LogP) is 3.97. The van der Waals surface area contributed by atoms with E-state index in [4.69, 9.17) is 33.2 Å². The molecule has 0 saturated carbocycles. The lowest BCUT2D eigenvalue weighted by Crippen LogP contribution is -2.65. The van der Waals surface area contributed by atoms with E-state index in [0.29, 0.717) is 19.3 Å². The van der Waals surface area contributed by atoms with Gasteiger partial charge >= 0.3 is 5.97 Å². The number of hydrogen-bond donors (Lipinski definition) is 4. The standard InChI is InChI=1S/C46H80N2O13/c1-14-35-26(3)21-25(2)15-17-36(59-38-18-16-33(47(10)11)29(6)55-38)27(4)22-32(19-20-49)42(28(5)34(50)23-37(51)58-35)61-45-41(52)40(48(12)13)43(30(7)57-45)60-39-24-46(9,54)44(53)31(8)56-39/h15,17,20-21,26-36,38-45,50,52-54H,14,16,18-19,22-24H2,1-13H3/b17-15+,25-21+/t26-,27+,28-,29?,30?,31?,32-,33-,34+,35?,36-,38-,39-,40?,41?,42+,43+,44-,45-,46?/m0/s1. The van der Waals surface area contributed by atoms with Gasteiger partial charge in [-0.2, -0.15) is 0 Å². The first-order valence-corrected chi connectivity index (χ1v) is 22.6. The molecule has 0 aromatic carbocycles. The molecule has 0 amide bonds. The normalized spacial score (nSPS) is 46.4. The largest absolute Gasteiger partial charge is 0.462 e. The maximum atomic E-state index is 13.4. The van der Waals surface area contributed by atoms with E-state index in [1.165, 1.54) is 6.92 Å². The summed E-state index contributed by atoms with van der Waals surface area (Å²) in [6, 6.07) is -0.421. The highest BCUT2D eigenvalue weighted by Crippen LogP contribution is 2.38.